The summed E-state index contributed by atoms with van der Waals surface area (Å²) in [6.07, 6.45) is 3.28. The Morgan fingerprint density at radius 2 is 1.71 bits per heavy atom. The highest BCUT2D eigenvalue weighted by molar-refractivity contribution is 6.32. The molecule has 0 bridgehead atoms. The lowest BCUT2D eigenvalue weighted by molar-refractivity contribution is -0.274. The van der Waals surface area contributed by atoms with Gasteiger partial charge in [-0.25, -0.2) is 14.4 Å². The van der Waals surface area contributed by atoms with Crippen molar-refractivity contribution in [3.63, 3.8) is 0 Å². The minimum absolute atomic E-state index is 0.0760. The summed E-state index contributed by atoms with van der Waals surface area (Å²) in [6, 6.07) is 3.96. The van der Waals surface area contributed by atoms with Crippen molar-refractivity contribution in [3.8, 4) is 5.75 Å². The maximum absolute atomic E-state index is 14.1. The number of carbonyl (C=O) groups is 2. The normalized spacial score (nSPS) is 17.4. The van der Waals surface area contributed by atoms with Crippen molar-refractivity contribution in [3.05, 3.63) is 48.5 Å². The first-order valence-electron chi connectivity index (χ1n) is 10.6. The highest BCUT2D eigenvalue weighted by Crippen LogP contribution is 2.36. The maximum Gasteiger partial charge on any atom is 0.573 e. The zero-order chi connectivity index (χ0) is 24.9. The van der Waals surface area contributed by atoms with Crippen LogP contribution in [0.4, 0.5) is 23.2 Å². The molecule has 0 saturated heterocycles. The minimum Gasteiger partial charge on any atom is -0.406 e. The van der Waals surface area contributed by atoms with Gasteiger partial charge < -0.3 is 10.1 Å². The van der Waals surface area contributed by atoms with E-state index >= 15 is 0 Å². The summed E-state index contributed by atoms with van der Waals surface area (Å²) in [7, 11) is 0. The molecule has 2 amide bonds. The number of hydrogen-bond acceptors (Lipinski definition) is 5. The van der Waals surface area contributed by atoms with Crippen molar-refractivity contribution in [2.75, 3.05) is 4.90 Å². The molecule has 12 heteroatoms. The molecule has 2 atom stereocenters. The van der Waals surface area contributed by atoms with E-state index in [0.29, 0.717) is 0 Å². The lowest BCUT2D eigenvalue weighted by atomic mass is 9.88. The van der Waals surface area contributed by atoms with E-state index in [9.17, 15) is 27.2 Å². The Labute approximate surface area is 198 Å². The third-order valence-corrected chi connectivity index (χ3v) is 5.87. The standard InChI is InChI=1S/C22H23ClF4N4O3/c1-21(14-11-28-13-29-12-14,20(33)30-15-5-3-2-4-6-15)31(19(32)18(23)24)16-7-9-17(10-8-16)34-22(25,26)27/h7-13,15,18H,2-6H2,1H3,(H,30,33)/t18-,21+/m0/s1. The Morgan fingerprint density at radius 1 is 1.12 bits per heavy atom. The van der Waals surface area contributed by atoms with Gasteiger partial charge in [0.15, 0.2) is 5.54 Å². The van der Waals surface area contributed by atoms with E-state index in [1.807, 2.05) is 0 Å². The Hall–Kier alpha value is -2.95. The number of hydrogen-bond donors (Lipinski definition) is 1. The van der Waals surface area contributed by atoms with Gasteiger partial charge in [-0.05, 0) is 44.0 Å². The first kappa shape index (κ1) is 25.7. The predicted octanol–water partition coefficient (Wildman–Crippen LogP) is 4.61. The van der Waals surface area contributed by atoms with E-state index < -0.39 is 35.1 Å². The summed E-state index contributed by atoms with van der Waals surface area (Å²) in [5, 5.41) is 2.92. The number of nitrogens with one attached hydrogen (secondary N) is 1. The Morgan fingerprint density at radius 3 is 2.24 bits per heavy atom. The van der Waals surface area contributed by atoms with E-state index in [1.165, 1.54) is 25.6 Å². The molecule has 1 aliphatic carbocycles. The van der Waals surface area contributed by atoms with Gasteiger partial charge in [0.2, 0.25) is 0 Å². The lowest BCUT2D eigenvalue weighted by Crippen LogP contribution is -2.60. The maximum atomic E-state index is 14.1. The highest BCUT2D eigenvalue weighted by Gasteiger charge is 2.47. The molecule has 1 heterocycles. The number of ether oxygens (including phenoxy) is 1. The number of alkyl halides is 5. The number of nitrogens with zero attached hydrogens (tertiary/aromatic N) is 3. The van der Waals surface area contributed by atoms with Gasteiger partial charge in [0.25, 0.3) is 17.4 Å². The second-order valence-electron chi connectivity index (χ2n) is 8.02. The second-order valence-corrected chi connectivity index (χ2v) is 8.41. The number of carbonyl (C=O) groups excluding carboxylic acids is 2. The third-order valence-electron chi connectivity index (χ3n) is 5.69. The number of benzene rings is 1. The molecule has 34 heavy (non-hydrogen) atoms. The van der Waals surface area contributed by atoms with Gasteiger partial charge >= 0.3 is 6.36 Å². The average Bonchev–Trinajstić information content (AvgIpc) is 2.80. The quantitative estimate of drug-likeness (QED) is 0.441. The van der Waals surface area contributed by atoms with Crippen molar-refractivity contribution >= 4 is 29.1 Å². The molecule has 2 aromatic rings. The number of halogens is 5. The van der Waals surface area contributed by atoms with Gasteiger partial charge in [0.1, 0.15) is 12.1 Å². The van der Waals surface area contributed by atoms with Crippen molar-refractivity contribution in [2.45, 2.75) is 62.6 Å². The fourth-order valence-electron chi connectivity index (χ4n) is 3.99. The molecule has 0 radical (unpaired) electrons. The first-order valence-corrected chi connectivity index (χ1v) is 11.0. The van der Waals surface area contributed by atoms with Crippen LogP contribution in [0, 0.1) is 0 Å². The van der Waals surface area contributed by atoms with Crippen LogP contribution in [0.3, 0.4) is 0 Å². The van der Waals surface area contributed by atoms with Crippen LogP contribution in [0.25, 0.3) is 0 Å². The first-order chi connectivity index (χ1) is 16.0. The Bertz CT molecular complexity index is 986. The molecule has 1 aromatic carbocycles. The number of amides is 2. The molecule has 0 aliphatic heterocycles. The molecule has 0 spiro atoms. The summed E-state index contributed by atoms with van der Waals surface area (Å²) >= 11 is 5.49. The summed E-state index contributed by atoms with van der Waals surface area (Å²) in [5.74, 6) is -2.46. The van der Waals surface area contributed by atoms with Gasteiger partial charge in [0, 0.05) is 29.7 Å². The van der Waals surface area contributed by atoms with Crippen LogP contribution in [0.1, 0.15) is 44.6 Å². The fourth-order valence-corrected chi connectivity index (χ4v) is 4.08. The van der Waals surface area contributed by atoms with Crippen LogP contribution in [-0.4, -0.2) is 39.8 Å². The smallest absolute Gasteiger partial charge is 0.406 e. The van der Waals surface area contributed by atoms with Crippen molar-refractivity contribution in [2.24, 2.45) is 0 Å². The summed E-state index contributed by atoms with van der Waals surface area (Å²) < 4.78 is 55.7. The number of rotatable bonds is 7. The molecule has 1 N–H and O–H groups in total. The summed E-state index contributed by atoms with van der Waals surface area (Å²) in [4.78, 5) is 35.2. The largest absolute Gasteiger partial charge is 0.573 e. The monoisotopic (exact) mass is 502 g/mol. The number of aromatic nitrogens is 2. The van der Waals surface area contributed by atoms with Gasteiger partial charge in [-0.3, -0.25) is 14.5 Å². The Kier molecular flexibility index (Phi) is 7.96. The SMILES string of the molecule is C[C@](C(=O)NC1CCCCC1)(c1cncnc1)N(C(=O)[C@H](F)Cl)c1ccc(OC(F)(F)F)cc1. The zero-order valence-electron chi connectivity index (χ0n) is 18.2. The van der Waals surface area contributed by atoms with Crippen molar-refractivity contribution in [1.82, 2.24) is 15.3 Å². The zero-order valence-corrected chi connectivity index (χ0v) is 18.9. The molecule has 1 aliphatic rings. The van der Waals surface area contributed by atoms with Gasteiger partial charge in [-0.2, -0.15) is 0 Å². The van der Waals surface area contributed by atoms with Crippen LogP contribution in [-0.2, 0) is 15.1 Å². The Balaban J connectivity index is 2.07. The predicted molar refractivity (Wildman–Crippen MR) is 116 cm³/mol. The molecular weight excluding hydrogens is 480 g/mol. The molecule has 0 unspecified atom stereocenters. The average molecular weight is 503 g/mol. The van der Waals surface area contributed by atoms with Gasteiger partial charge in [-0.15, -0.1) is 13.2 Å². The van der Waals surface area contributed by atoms with E-state index in [-0.39, 0.29) is 17.3 Å². The van der Waals surface area contributed by atoms with E-state index in [0.717, 1.165) is 61.3 Å². The summed E-state index contributed by atoms with van der Waals surface area (Å²) in [6.45, 7) is 1.38. The van der Waals surface area contributed by atoms with E-state index in [2.05, 4.69) is 20.0 Å². The van der Waals surface area contributed by atoms with Crippen LogP contribution in [0.2, 0.25) is 0 Å². The molecule has 184 valence electrons. The van der Waals surface area contributed by atoms with E-state index in [1.54, 1.807) is 0 Å². The minimum atomic E-state index is -4.92. The van der Waals surface area contributed by atoms with Crippen LogP contribution < -0.4 is 15.0 Å². The van der Waals surface area contributed by atoms with Crippen LogP contribution in [0.15, 0.2) is 43.0 Å². The van der Waals surface area contributed by atoms with Crippen molar-refractivity contribution in [1.29, 1.82) is 0 Å². The molecule has 7 nitrogen and oxygen atoms in total. The molecule has 3 rings (SSSR count). The molecule has 1 fully saturated rings. The topological polar surface area (TPSA) is 84.4 Å². The lowest BCUT2D eigenvalue weighted by Gasteiger charge is -2.41. The third kappa shape index (κ3) is 5.94. The van der Waals surface area contributed by atoms with E-state index in [4.69, 9.17) is 11.6 Å². The highest BCUT2D eigenvalue weighted by atomic mass is 35.5. The second kappa shape index (κ2) is 10.5. The van der Waals surface area contributed by atoms with Crippen LogP contribution in [0.5, 0.6) is 5.75 Å². The molecular formula is C22H23ClF4N4O3. The molecule has 1 aromatic heterocycles. The van der Waals surface area contributed by atoms with Crippen molar-refractivity contribution < 1.29 is 31.9 Å². The van der Waals surface area contributed by atoms with Gasteiger partial charge in [-0.1, -0.05) is 30.9 Å². The van der Waals surface area contributed by atoms with Gasteiger partial charge in [0.05, 0.1) is 0 Å². The van der Waals surface area contributed by atoms with Crippen LogP contribution >= 0.6 is 11.6 Å². The fraction of sp³-hybridized carbons (Fsp3) is 0.455. The molecule has 1 saturated carbocycles. The number of anilines is 1. The summed E-state index contributed by atoms with van der Waals surface area (Å²) in [5.41, 5.74) is -4.32.